The molecule has 150 heavy (non-hydrogen) atoms. The molecule has 0 aliphatic rings. The van der Waals surface area contributed by atoms with Gasteiger partial charge in [0.1, 0.15) is 82.2 Å². The Hall–Kier alpha value is -15.3. The molecule has 0 saturated heterocycles. The van der Waals surface area contributed by atoms with E-state index in [1.165, 1.54) is 0 Å². The van der Waals surface area contributed by atoms with Gasteiger partial charge in [0.15, 0.2) is 0 Å². The fourth-order valence-corrected chi connectivity index (χ4v) is 22.9. The molecule has 0 unspecified atom stereocenters. The van der Waals surface area contributed by atoms with Crippen LogP contribution >= 0.6 is 34.4 Å². The first-order valence-electron chi connectivity index (χ1n) is 50.4. The van der Waals surface area contributed by atoms with Crippen LogP contribution < -0.4 is 54.3 Å². The van der Waals surface area contributed by atoms with Crippen LogP contribution in [-0.2, 0) is 51.6 Å². The van der Waals surface area contributed by atoms with Crippen molar-refractivity contribution in [3.8, 4) is 69.0 Å². The lowest BCUT2D eigenvalue weighted by Crippen LogP contribution is -2.31. The van der Waals surface area contributed by atoms with E-state index in [0.29, 0.717) is 69.0 Å². The van der Waals surface area contributed by atoms with Crippen molar-refractivity contribution in [3.05, 3.63) is 457 Å². The summed E-state index contributed by atoms with van der Waals surface area (Å²) in [6, 6.07) is 137. The van der Waals surface area contributed by atoms with Gasteiger partial charge in [0.25, 0.3) is 0 Å². The Morgan fingerprint density at radius 1 is 0.180 bits per heavy atom. The van der Waals surface area contributed by atoms with Crippen LogP contribution in [0, 0.1) is 0 Å². The molecule has 0 atom stereocenters. The smallest absolute Gasteiger partial charge is 0.462 e. The zero-order chi connectivity index (χ0) is 104. The molecule has 0 radical (unpaired) electrons. The Morgan fingerprint density at radius 2 is 0.333 bits per heavy atom. The first-order chi connectivity index (χ1) is 72.2. The lowest BCUT2D eigenvalue weighted by Gasteiger charge is -2.34. The third-order valence-electron chi connectivity index (χ3n) is 27.2. The van der Waals surface area contributed by atoms with Gasteiger partial charge in [0.2, 0.25) is 0 Å². The first kappa shape index (κ1) is 102. The van der Waals surface area contributed by atoms with Crippen molar-refractivity contribution < 1.29 is 73.3 Å². The van der Waals surface area contributed by atoms with Crippen LogP contribution in [-0.4, -0.2) is 25.2 Å². The van der Waals surface area contributed by atoms with E-state index in [0.717, 1.165) is 131 Å². The number of hydrogen-bond donors (Lipinski definition) is 0. The third kappa shape index (κ3) is 24.0. The van der Waals surface area contributed by atoms with E-state index in [1.807, 2.05) is 291 Å². The van der Waals surface area contributed by atoms with Crippen molar-refractivity contribution in [2.45, 2.75) is 142 Å². The predicted molar refractivity (Wildman–Crippen MR) is 611 cm³/mol. The van der Waals surface area contributed by atoms with Crippen LogP contribution in [0.3, 0.4) is 0 Å². The number of benzene rings is 20. The predicted octanol–water partition coefficient (Wildman–Crippen LogP) is 36.3. The molecule has 0 heterocycles. The SMILES string of the molecule is CC(C)(C)c1cc(C(C)(CC(=O)OCCOC(=O)CC(C)(c2ccc(OP(Oc3ccc4ccccc4c3)Oc3ccc4ccccc4c3)c(C(C)(C)C)c2)c2ccc(OP(Oc3ccc4ccccc4c3)Oc3ccc4ccccc4c3)c(C(C)(C)C)c2)c2ccc(OP(Oc3ccc4ccccc4c3)Oc3ccc4ccccc4c3)c(C(C)(C)C)c2)ccc1OP(Oc1ccc2ccccc2c1)Oc1ccc2ccccc2c1. The summed E-state index contributed by atoms with van der Waals surface area (Å²) in [5, 5.41) is 16.4. The minimum Gasteiger partial charge on any atom is -0.462 e. The van der Waals surface area contributed by atoms with Crippen LogP contribution in [0.2, 0.25) is 0 Å². The second-order valence-electron chi connectivity index (χ2n) is 42.4. The zero-order valence-electron chi connectivity index (χ0n) is 86.4. The minimum absolute atomic E-state index is 0.190. The van der Waals surface area contributed by atoms with Gasteiger partial charge in [-0.05, 0) is 251 Å². The van der Waals surface area contributed by atoms with Crippen molar-refractivity contribution in [1.82, 2.24) is 0 Å². The highest BCUT2D eigenvalue weighted by molar-refractivity contribution is 7.44. The van der Waals surface area contributed by atoms with E-state index >= 15 is 9.59 Å². The van der Waals surface area contributed by atoms with Crippen molar-refractivity contribution in [3.63, 3.8) is 0 Å². The molecule has 0 saturated carbocycles. The van der Waals surface area contributed by atoms with E-state index < -0.39 is 78.8 Å². The van der Waals surface area contributed by atoms with Crippen molar-refractivity contribution in [1.29, 1.82) is 0 Å². The number of carbonyl (C=O) groups excluding carboxylic acids is 2. The summed E-state index contributed by atoms with van der Waals surface area (Å²) < 4.78 is 96.5. The van der Waals surface area contributed by atoms with Gasteiger partial charge >= 0.3 is 46.3 Å². The molecule has 0 aliphatic carbocycles. The van der Waals surface area contributed by atoms with Crippen molar-refractivity contribution in [2.75, 3.05) is 13.2 Å². The molecular weight excluding hydrogens is 1940 g/mol. The Morgan fingerprint density at radius 3 is 0.487 bits per heavy atom. The number of hydrogen-bond acceptors (Lipinski definition) is 16. The van der Waals surface area contributed by atoms with E-state index in [4.69, 9.17) is 63.8 Å². The maximum absolute atomic E-state index is 15.7. The Bertz CT molecular complexity index is 7120. The van der Waals surface area contributed by atoms with Gasteiger partial charge in [-0.3, -0.25) is 9.59 Å². The Kier molecular flexibility index (Phi) is 29.6. The van der Waals surface area contributed by atoms with E-state index in [1.54, 1.807) is 0 Å². The summed E-state index contributed by atoms with van der Waals surface area (Å²) in [7, 11) is -8.85. The van der Waals surface area contributed by atoms with Crippen LogP contribution in [0.5, 0.6) is 69.0 Å². The maximum Gasteiger partial charge on any atom is 0.530 e. The lowest BCUT2D eigenvalue weighted by molar-refractivity contribution is -0.153. The molecule has 16 nitrogen and oxygen atoms in total. The molecule has 754 valence electrons. The number of rotatable bonds is 35. The molecule has 0 aromatic heterocycles. The summed E-state index contributed by atoms with van der Waals surface area (Å²) in [5.41, 5.74) is 1.57. The number of ether oxygens (including phenoxy) is 2. The van der Waals surface area contributed by atoms with Crippen molar-refractivity contribution in [2.24, 2.45) is 0 Å². The van der Waals surface area contributed by atoms with Gasteiger partial charge < -0.3 is 63.8 Å². The largest absolute Gasteiger partial charge is 0.530 e. The number of esters is 2. The third-order valence-corrected chi connectivity index (χ3v) is 31.5. The van der Waals surface area contributed by atoms with Crippen LogP contribution in [0.4, 0.5) is 0 Å². The molecule has 0 N–H and O–H groups in total. The monoisotopic (exact) mass is 2060 g/mol. The summed E-state index contributed by atoms with van der Waals surface area (Å²) in [4.78, 5) is 31.4. The highest BCUT2D eigenvalue weighted by Crippen LogP contribution is 2.56. The molecule has 0 amide bonds. The summed E-state index contributed by atoms with van der Waals surface area (Å²) in [5.74, 6) is 5.46. The molecule has 20 aromatic rings. The quantitative estimate of drug-likeness (QED) is 0.0209. The van der Waals surface area contributed by atoms with Gasteiger partial charge in [-0.25, -0.2) is 0 Å². The summed E-state index contributed by atoms with van der Waals surface area (Å²) in [6.07, 6.45) is -0.381. The van der Waals surface area contributed by atoms with Crippen LogP contribution in [0.25, 0.3) is 86.2 Å². The fourth-order valence-electron chi connectivity index (χ4n) is 18.9. The molecule has 20 heteroatoms. The van der Waals surface area contributed by atoms with Crippen LogP contribution in [0.15, 0.2) is 413 Å². The minimum atomic E-state index is -2.21. The molecule has 20 aromatic carbocycles. The number of fused-ring (bicyclic) bond motifs is 8. The highest BCUT2D eigenvalue weighted by atomic mass is 31.2. The number of carbonyl (C=O) groups is 2. The molecular formula is C130H118O16P4. The summed E-state index contributed by atoms with van der Waals surface area (Å²) >= 11 is 0. The maximum atomic E-state index is 15.7. The normalized spacial score (nSPS) is 12.2. The molecule has 0 spiro atoms. The van der Waals surface area contributed by atoms with Gasteiger partial charge in [-0.1, -0.05) is 388 Å². The fraction of sp³-hybridized carbons (Fsp3) is 0.185. The molecule has 20 rings (SSSR count). The lowest BCUT2D eigenvalue weighted by atomic mass is 9.70. The average molecular weight is 2060 g/mol. The van der Waals surface area contributed by atoms with Gasteiger partial charge in [-0.15, -0.1) is 0 Å². The summed E-state index contributed by atoms with van der Waals surface area (Å²) in [6.45, 7) is 29.1. The average Bonchev–Trinajstić information content (AvgIpc) is 0.754. The zero-order valence-corrected chi connectivity index (χ0v) is 90.0. The first-order valence-corrected chi connectivity index (χ1v) is 54.8. The standard InChI is InChI=1S/C130H118O16P4/c1-125(2,3)115-81-103(55-67-119(115)143-147(135-107-59-47-87-31-15-23-39-95(87)73-107)136-108-60-48-88-32-16-24-40-96(88)74-108)129(13,104-56-68-120(116(82-104)126(4,5)6)144-148(137-109-61-49-89-33-17-25-41-97(89)75-109)138-110-62-50-90-34-18-26-42-98(90)76-110)85-123(131)133-71-72-134-124(132)86-130(14,105-57-69-121(117(83-105)127(7,8)9)145-149(139-111-63-51-91-35-19-27-43-99(91)77-111)140-112-64-52-92-36-20-28-44-100(92)78-112)106-58-70-122(118(84-106)128(10,11)12)146-150(141-113-65-53-93-37-21-29-45-101(93)79-113)142-114-66-54-94-38-22-30-46-102(94)80-114/h15-70,73-84H,71-72,85-86H2,1-14H3. The Balaban J connectivity index is 0.638. The van der Waals surface area contributed by atoms with Gasteiger partial charge in [0, 0.05) is 33.1 Å². The topological polar surface area (TPSA) is 163 Å². The highest BCUT2D eigenvalue weighted by Gasteiger charge is 2.41. The molecule has 0 bridgehead atoms. The Labute approximate surface area is 881 Å². The van der Waals surface area contributed by atoms with Crippen molar-refractivity contribution >= 4 is 133 Å². The van der Waals surface area contributed by atoms with Crippen LogP contribution in [0.1, 0.15) is 154 Å². The van der Waals surface area contributed by atoms with Gasteiger partial charge in [0.05, 0.1) is 12.8 Å². The van der Waals surface area contributed by atoms with Gasteiger partial charge in [-0.2, -0.15) is 0 Å². The van der Waals surface area contributed by atoms with E-state index in [9.17, 15) is 0 Å². The molecule has 0 aliphatic heterocycles. The van der Waals surface area contributed by atoms with E-state index in [-0.39, 0.29) is 26.1 Å². The molecule has 0 fully saturated rings. The van der Waals surface area contributed by atoms with E-state index in [2.05, 4.69) is 218 Å². The second kappa shape index (κ2) is 43.5. The second-order valence-corrected chi connectivity index (χ2v) is 46.3.